The van der Waals surface area contributed by atoms with Gasteiger partial charge in [0.15, 0.2) is 0 Å². The van der Waals surface area contributed by atoms with E-state index in [9.17, 15) is 0 Å². The van der Waals surface area contributed by atoms with Crippen LogP contribution in [0.15, 0.2) is 11.6 Å². The Hall–Kier alpha value is -0.340. The van der Waals surface area contributed by atoms with Crippen molar-refractivity contribution in [1.29, 1.82) is 0 Å². The van der Waals surface area contributed by atoms with E-state index < -0.39 is 0 Å². The summed E-state index contributed by atoms with van der Waals surface area (Å²) in [6.45, 7) is 11.7. The number of allylic oxidation sites excluding steroid dienone is 2. The van der Waals surface area contributed by atoms with Crippen molar-refractivity contribution in [2.75, 3.05) is 26.2 Å². The van der Waals surface area contributed by atoms with Crippen molar-refractivity contribution in [3.63, 3.8) is 0 Å². The normalized spacial score (nSPS) is 28.6. The van der Waals surface area contributed by atoms with Crippen LogP contribution < -0.4 is 5.32 Å². The third kappa shape index (κ3) is 4.40. The van der Waals surface area contributed by atoms with E-state index in [1.807, 2.05) is 0 Å². The van der Waals surface area contributed by atoms with E-state index in [1.54, 1.807) is 5.57 Å². The molecule has 0 heterocycles. The van der Waals surface area contributed by atoms with Crippen LogP contribution in [0.25, 0.3) is 0 Å². The summed E-state index contributed by atoms with van der Waals surface area (Å²) < 4.78 is 0. The first-order valence-corrected chi connectivity index (χ1v) is 7.81. The molecule has 2 unspecified atom stereocenters. The topological polar surface area (TPSA) is 15.3 Å². The standard InChI is InChI=1S/C16H30N2/c1-4-18(16-5-6-16)8-7-17-12-15-10-13(2)9-14(3)11-15/h9,13,15-17H,4-8,10-12H2,1-3H3. The lowest BCUT2D eigenvalue weighted by atomic mass is 9.84. The van der Waals surface area contributed by atoms with E-state index >= 15 is 0 Å². The Labute approximate surface area is 113 Å². The zero-order chi connectivity index (χ0) is 13.0. The lowest BCUT2D eigenvalue weighted by Crippen LogP contribution is -2.36. The van der Waals surface area contributed by atoms with Crippen LogP contribution in [0.2, 0.25) is 0 Å². The van der Waals surface area contributed by atoms with Crippen molar-refractivity contribution < 1.29 is 0 Å². The highest BCUT2D eigenvalue weighted by Gasteiger charge is 2.27. The van der Waals surface area contributed by atoms with E-state index in [1.165, 1.54) is 45.3 Å². The second kappa shape index (κ2) is 6.72. The van der Waals surface area contributed by atoms with Gasteiger partial charge in [-0.2, -0.15) is 0 Å². The van der Waals surface area contributed by atoms with Gasteiger partial charge in [-0.25, -0.2) is 0 Å². The van der Waals surface area contributed by atoms with Crippen LogP contribution in [0.5, 0.6) is 0 Å². The second-order valence-corrected chi connectivity index (χ2v) is 6.36. The van der Waals surface area contributed by atoms with E-state index in [0.717, 1.165) is 24.4 Å². The lowest BCUT2D eigenvalue weighted by molar-refractivity contribution is 0.271. The Morgan fingerprint density at radius 3 is 2.78 bits per heavy atom. The quantitative estimate of drug-likeness (QED) is 0.552. The summed E-state index contributed by atoms with van der Waals surface area (Å²) in [6, 6.07) is 0.914. The molecular weight excluding hydrogens is 220 g/mol. The minimum atomic E-state index is 0.782. The fourth-order valence-corrected chi connectivity index (χ4v) is 3.41. The number of hydrogen-bond acceptors (Lipinski definition) is 2. The Balaban J connectivity index is 1.59. The fourth-order valence-electron chi connectivity index (χ4n) is 3.41. The van der Waals surface area contributed by atoms with Crippen molar-refractivity contribution in [2.24, 2.45) is 11.8 Å². The summed E-state index contributed by atoms with van der Waals surface area (Å²) in [6.07, 6.45) is 7.97. The maximum Gasteiger partial charge on any atom is 0.0110 e. The predicted octanol–water partition coefficient (Wildman–Crippen LogP) is 3.05. The minimum absolute atomic E-state index is 0.782. The maximum atomic E-state index is 3.67. The van der Waals surface area contributed by atoms with Gasteiger partial charge in [0.2, 0.25) is 0 Å². The molecule has 0 aromatic heterocycles. The van der Waals surface area contributed by atoms with E-state index in [2.05, 4.69) is 37.1 Å². The smallest absolute Gasteiger partial charge is 0.0110 e. The first kappa shape index (κ1) is 14.1. The van der Waals surface area contributed by atoms with Gasteiger partial charge in [-0.15, -0.1) is 0 Å². The fraction of sp³-hybridized carbons (Fsp3) is 0.875. The molecule has 0 aliphatic heterocycles. The Morgan fingerprint density at radius 1 is 1.39 bits per heavy atom. The molecule has 2 aliphatic carbocycles. The second-order valence-electron chi connectivity index (χ2n) is 6.36. The van der Waals surface area contributed by atoms with Crippen LogP contribution in [-0.2, 0) is 0 Å². The summed E-state index contributed by atoms with van der Waals surface area (Å²) in [5.74, 6) is 1.64. The Bertz CT molecular complexity index is 281. The first-order chi connectivity index (χ1) is 8.69. The van der Waals surface area contributed by atoms with Gasteiger partial charge in [-0.1, -0.05) is 25.5 Å². The van der Waals surface area contributed by atoms with Gasteiger partial charge in [-0.05, 0) is 57.5 Å². The van der Waals surface area contributed by atoms with Crippen molar-refractivity contribution in [1.82, 2.24) is 10.2 Å². The van der Waals surface area contributed by atoms with Crippen molar-refractivity contribution >= 4 is 0 Å². The number of nitrogens with zero attached hydrogens (tertiary/aromatic N) is 1. The van der Waals surface area contributed by atoms with Crippen LogP contribution in [-0.4, -0.2) is 37.1 Å². The van der Waals surface area contributed by atoms with Crippen LogP contribution in [0.1, 0.15) is 46.5 Å². The molecule has 2 rings (SSSR count). The average Bonchev–Trinajstić information content (AvgIpc) is 3.12. The molecule has 0 amide bonds. The highest BCUT2D eigenvalue weighted by molar-refractivity contribution is 5.06. The molecule has 1 N–H and O–H groups in total. The third-order valence-electron chi connectivity index (χ3n) is 4.36. The molecule has 0 aromatic rings. The van der Waals surface area contributed by atoms with Crippen LogP contribution in [0.3, 0.4) is 0 Å². The Kier molecular flexibility index (Phi) is 5.25. The zero-order valence-corrected chi connectivity index (χ0v) is 12.4. The summed E-state index contributed by atoms with van der Waals surface area (Å²) in [4.78, 5) is 2.63. The van der Waals surface area contributed by atoms with Gasteiger partial charge >= 0.3 is 0 Å². The van der Waals surface area contributed by atoms with Crippen molar-refractivity contribution in [2.45, 2.75) is 52.5 Å². The van der Waals surface area contributed by atoms with E-state index in [4.69, 9.17) is 0 Å². The minimum Gasteiger partial charge on any atom is -0.315 e. The van der Waals surface area contributed by atoms with Gasteiger partial charge in [0.05, 0.1) is 0 Å². The molecule has 0 spiro atoms. The largest absolute Gasteiger partial charge is 0.315 e. The molecule has 0 bridgehead atoms. The summed E-state index contributed by atoms with van der Waals surface area (Å²) in [5.41, 5.74) is 1.59. The highest BCUT2D eigenvalue weighted by atomic mass is 15.2. The molecule has 2 heteroatoms. The van der Waals surface area contributed by atoms with Gasteiger partial charge < -0.3 is 5.32 Å². The van der Waals surface area contributed by atoms with Gasteiger partial charge in [0.25, 0.3) is 0 Å². The van der Waals surface area contributed by atoms with Crippen LogP contribution in [0, 0.1) is 11.8 Å². The third-order valence-corrected chi connectivity index (χ3v) is 4.36. The van der Waals surface area contributed by atoms with Crippen molar-refractivity contribution in [3.05, 3.63) is 11.6 Å². The van der Waals surface area contributed by atoms with E-state index in [0.29, 0.717) is 0 Å². The number of rotatable bonds is 7. The summed E-state index contributed by atoms with van der Waals surface area (Å²) in [7, 11) is 0. The summed E-state index contributed by atoms with van der Waals surface area (Å²) >= 11 is 0. The van der Waals surface area contributed by atoms with Crippen LogP contribution >= 0.6 is 0 Å². The monoisotopic (exact) mass is 250 g/mol. The van der Waals surface area contributed by atoms with Crippen LogP contribution in [0.4, 0.5) is 0 Å². The molecular formula is C16H30N2. The molecule has 2 nitrogen and oxygen atoms in total. The number of likely N-dealkylation sites (N-methyl/N-ethyl adjacent to an activating group) is 1. The first-order valence-electron chi connectivity index (χ1n) is 7.81. The van der Waals surface area contributed by atoms with Gasteiger partial charge in [-0.3, -0.25) is 4.90 Å². The molecule has 0 radical (unpaired) electrons. The summed E-state index contributed by atoms with van der Waals surface area (Å²) in [5, 5.41) is 3.67. The maximum absolute atomic E-state index is 3.67. The highest BCUT2D eigenvalue weighted by Crippen LogP contribution is 2.27. The number of hydrogen-bond donors (Lipinski definition) is 1. The SMILES string of the molecule is CCN(CCNCC1CC(C)=CC(C)C1)C1CC1. The molecule has 1 fully saturated rings. The molecule has 0 saturated heterocycles. The predicted molar refractivity (Wildman–Crippen MR) is 78.8 cm³/mol. The van der Waals surface area contributed by atoms with Gasteiger partial charge in [0.1, 0.15) is 0 Å². The van der Waals surface area contributed by atoms with Crippen molar-refractivity contribution in [3.8, 4) is 0 Å². The zero-order valence-electron chi connectivity index (χ0n) is 12.4. The average molecular weight is 250 g/mol. The molecule has 104 valence electrons. The molecule has 0 aromatic carbocycles. The molecule has 2 atom stereocenters. The lowest BCUT2D eigenvalue weighted by Gasteiger charge is -2.26. The van der Waals surface area contributed by atoms with E-state index in [-0.39, 0.29) is 0 Å². The molecule has 1 saturated carbocycles. The Morgan fingerprint density at radius 2 is 2.17 bits per heavy atom. The number of nitrogens with one attached hydrogen (secondary N) is 1. The molecule has 18 heavy (non-hydrogen) atoms. The van der Waals surface area contributed by atoms with Gasteiger partial charge in [0, 0.05) is 19.1 Å². The molecule has 2 aliphatic rings.